The van der Waals surface area contributed by atoms with Crippen LogP contribution in [0.15, 0.2) is 121 Å². The molecule has 0 fully saturated rings. The quantitative estimate of drug-likeness (QED) is 0.110. The maximum absolute atomic E-state index is 6.92. The van der Waals surface area contributed by atoms with Gasteiger partial charge in [-0.25, -0.2) is 9.78 Å². The van der Waals surface area contributed by atoms with Gasteiger partial charge < -0.3 is 0 Å². The summed E-state index contributed by atoms with van der Waals surface area (Å²) in [6, 6.07) is 43.4. The zero-order chi connectivity index (χ0) is 34.0. The zero-order valence-corrected chi connectivity index (χ0v) is 30.5. The van der Waals surface area contributed by atoms with Gasteiger partial charge in [0.1, 0.15) is 11.2 Å². The van der Waals surface area contributed by atoms with Crippen LogP contribution in [0.4, 0.5) is 0 Å². The second kappa shape index (κ2) is 13.1. The van der Waals surface area contributed by atoms with Gasteiger partial charge in [0.05, 0.1) is 0 Å². The van der Waals surface area contributed by atoms with Gasteiger partial charge in [-0.1, -0.05) is 177 Å². The fraction of sp³-hybridized carbons (Fsp3) is 0.455. The molecule has 0 aliphatic carbocycles. The van der Waals surface area contributed by atoms with Gasteiger partial charge in [0.15, 0.2) is 0 Å². The highest BCUT2D eigenvalue weighted by Gasteiger charge is 2.55. The number of hydrogen-bond donors (Lipinski definition) is 0. The summed E-state index contributed by atoms with van der Waals surface area (Å²) in [5, 5.41) is 0. The van der Waals surface area contributed by atoms with Crippen LogP contribution in [-0.2, 0) is 31.4 Å². The first kappa shape index (κ1) is 35.7. The normalized spacial score (nSPS) is 13.8. The summed E-state index contributed by atoms with van der Waals surface area (Å²) >= 11 is 0. The molecule has 0 N–H and O–H groups in total. The summed E-state index contributed by atoms with van der Waals surface area (Å²) in [5.74, 6) is 0.0756. The molecule has 0 heterocycles. The largest absolute Gasteiger partial charge is 0.230 e. The molecule has 2 nitrogen and oxygen atoms in total. The second-order valence-corrected chi connectivity index (χ2v) is 16.6. The molecular weight excluding hydrogens is 560 g/mol. The van der Waals surface area contributed by atoms with Crippen LogP contribution in [0.2, 0.25) is 0 Å². The summed E-state index contributed by atoms with van der Waals surface area (Å²) in [4.78, 5) is 13.8. The molecule has 246 valence electrons. The molecule has 46 heavy (non-hydrogen) atoms. The van der Waals surface area contributed by atoms with Gasteiger partial charge in [-0.3, -0.25) is 0 Å². The van der Waals surface area contributed by atoms with Crippen LogP contribution in [0.5, 0.6) is 0 Å². The average molecular weight is 619 g/mol. The lowest BCUT2D eigenvalue weighted by Gasteiger charge is -2.55. The van der Waals surface area contributed by atoms with Crippen molar-refractivity contribution >= 4 is 0 Å². The fourth-order valence-corrected chi connectivity index (χ4v) is 9.73. The third kappa shape index (κ3) is 7.04. The number of benzene rings is 4. The molecule has 4 aromatic carbocycles. The summed E-state index contributed by atoms with van der Waals surface area (Å²) in [6.07, 6.45) is 0. The molecule has 0 saturated heterocycles. The molecule has 2 heteroatoms. The van der Waals surface area contributed by atoms with E-state index in [2.05, 4.69) is 204 Å². The van der Waals surface area contributed by atoms with E-state index in [1.807, 2.05) is 0 Å². The van der Waals surface area contributed by atoms with Gasteiger partial charge in [0.25, 0.3) is 0 Å². The molecule has 0 atom stereocenters. The minimum atomic E-state index is -0.672. The Bertz CT molecular complexity index is 1290. The Morgan fingerprint density at radius 3 is 0.652 bits per heavy atom. The minimum Gasteiger partial charge on any atom is -0.230 e. The Hall–Kier alpha value is -3.20. The van der Waals surface area contributed by atoms with E-state index < -0.39 is 11.2 Å². The summed E-state index contributed by atoms with van der Waals surface area (Å²) in [6.45, 7) is 27.7. The molecule has 0 amide bonds. The van der Waals surface area contributed by atoms with Crippen molar-refractivity contribution in [2.75, 3.05) is 0 Å². The standard InChI is InChI=1S/C44H58O2/c1-39(2,33-25-17-13-18-26-33)37(40(3,4)34-27-19-14-20-28-34)43(9,10)45-46-44(11,12)38(41(5,6)35-29-21-15-22-30-35)42(7,8)36-31-23-16-24-32-36/h13-32,37-38H,1-12H3. The Morgan fingerprint density at radius 1 is 0.304 bits per heavy atom. The summed E-state index contributed by atoms with van der Waals surface area (Å²) in [7, 11) is 0. The van der Waals surface area contributed by atoms with Crippen molar-refractivity contribution in [2.24, 2.45) is 11.8 Å². The molecule has 0 spiro atoms. The van der Waals surface area contributed by atoms with E-state index in [-0.39, 0.29) is 33.5 Å². The smallest absolute Gasteiger partial charge is 0.102 e. The molecule has 0 unspecified atom stereocenters. The van der Waals surface area contributed by atoms with Gasteiger partial charge >= 0.3 is 0 Å². The molecule has 0 radical (unpaired) electrons. The second-order valence-electron chi connectivity index (χ2n) is 16.6. The molecular formula is C44H58O2. The van der Waals surface area contributed by atoms with Gasteiger partial charge in [0, 0.05) is 11.8 Å². The van der Waals surface area contributed by atoms with Crippen LogP contribution < -0.4 is 0 Å². The van der Waals surface area contributed by atoms with Crippen molar-refractivity contribution in [3.8, 4) is 0 Å². The predicted molar refractivity (Wildman–Crippen MR) is 195 cm³/mol. The van der Waals surface area contributed by atoms with Gasteiger partial charge in [0.2, 0.25) is 0 Å². The molecule has 0 aliphatic heterocycles. The van der Waals surface area contributed by atoms with Crippen molar-refractivity contribution in [1.29, 1.82) is 0 Å². The molecule has 0 aromatic heterocycles. The molecule has 0 aliphatic rings. The van der Waals surface area contributed by atoms with Gasteiger partial charge in [-0.15, -0.1) is 0 Å². The lowest BCUT2D eigenvalue weighted by molar-refractivity contribution is -0.428. The number of hydrogen-bond acceptors (Lipinski definition) is 2. The van der Waals surface area contributed by atoms with Crippen LogP contribution in [0.1, 0.15) is 105 Å². The van der Waals surface area contributed by atoms with E-state index in [9.17, 15) is 0 Å². The summed E-state index contributed by atoms with van der Waals surface area (Å²) in [5.41, 5.74) is 2.81. The van der Waals surface area contributed by atoms with Crippen molar-refractivity contribution in [3.63, 3.8) is 0 Å². The highest BCUT2D eigenvalue weighted by atomic mass is 17.2. The fourth-order valence-electron chi connectivity index (χ4n) is 9.73. The van der Waals surface area contributed by atoms with E-state index in [1.165, 1.54) is 22.3 Å². The van der Waals surface area contributed by atoms with Crippen molar-refractivity contribution in [1.82, 2.24) is 0 Å². The Kier molecular flexibility index (Phi) is 10.2. The minimum absolute atomic E-state index is 0.0378. The number of rotatable bonds is 13. The van der Waals surface area contributed by atoms with Gasteiger partial charge in [-0.2, -0.15) is 0 Å². The predicted octanol–water partition coefficient (Wildman–Crippen LogP) is 11.6. The zero-order valence-electron chi connectivity index (χ0n) is 30.5. The molecule has 4 aromatic rings. The van der Waals surface area contributed by atoms with E-state index >= 15 is 0 Å². The Morgan fingerprint density at radius 2 is 0.478 bits per heavy atom. The summed E-state index contributed by atoms with van der Waals surface area (Å²) < 4.78 is 0. The first-order chi connectivity index (χ1) is 21.4. The van der Waals surface area contributed by atoms with Crippen LogP contribution in [0.3, 0.4) is 0 Å². The topological polar surface area (TPSA) is 18.5 Å². The molecule has 0 bridgehead atoms. The van der Waals surface area contributed by atoms with Gasteiger partial charge in [-0.05, 0) is 71.6 Å². The SMILES string of the molecule is CC(C)(OOC(C)(C)C(C(C)(C)c1ccccc1)C(C)(C)c1ccccc1)C(C(C)(C)c1ccccc1)C(C)(C)c1ccccc1. The maximum Gasteiger partial charge on any atom is 0.102 e. The Balaban J connectivity index is 1.80. The van der Waals surface area contributed by atoms with Crippen LogP contribution >= 0.6 is 0 Å². The lowest BCUT2D eigenvalue weighted by Crippen LogP contribution is -2.58. The first-order valence-corrected chi connectivity index (χ1v) is 16.9. The van der Waals surface area contributed by atoms with Crippen molar-refractivity contribution in [2.45, 2.75) is 116 Å². The van der Waals surface area contributed by atoms with E-state index in [0.29, 0.717) is 0 Å². The van der Waals surface area contributed by atoms with Crippen LogP contribution in [0, 0.1) is 11.8 Å². The molecule has 4 rings (SSSR count). The maximum atomic E-state index is 6.92. The van der Waals surface area contributed by atoms with E-state index in [0.717, 1.165) is 0 Å². The van der Waals surface area contributed by atoms with Crippen LogP contribution in [-0.4, -0.2) is 11.2 Å². The monoisotopic (exact) mass is 618 g/mol. The highest BCUT2D eigenvalue weighted by Crippen LogP contribution is 2.54. The third-order valence-electron chi connectivity index (χ3n) is 10.8. The van der Waals surface area contributed by atoms with Crippen molar-refractivity contribution < 1.29 is 9.78 Å². The lowest BCUT2D eigenvalue weighted by atomic mass is 9.54. The van der Waals surface area contributed by atoms with Crippen molar-refractivity contribution in [3.05, 3.63) is 144 Å². The highest BCUT2D eigenvalue weighted by molar-refractivity contribution is 5.35. The van der Waals surface area contributed by atoms with Crippen LogP contribution in [0.25, 0.3) is 0 Å². The average Bonchev–Trinajstić information content (AvgIpc) is 3.01. The first-order valence-electron chi connectivity index (χ1n) is 16.9. The third-order valence-corrected chi connectivity index (χ3v) is 10.8. The Labute approximate surface area is 280 Å². The van der Waals surface area contributed by atoms with E-state index in [4.69, 9.17) is 9.78 Å². The van der Waals surface area contributed by atoms with E-state index in [1.54, 1.807) is 0 Å². The molecule has 0 saturated carbocycles.